The van der Waals surface area contributed by atoms with Gasteiger partial charge in [0.15, 0.2) is 6.10 Å². The number of morpholine rings is 1. The summed E-state index contributed by atoms with van der Waals surface area (Å²) in [6.07, 6.45) is -7.83. The number of hydrogen-bond donors (Lipinski definition) is 1. The third kappa shape index (κ3) is 2.48. The van der Waals surface area contributed by atoms with Gasteiger partial charge in [0.1, 0.15) is 0 Å². The highest BCUT2D eigenvalue weighted by atomic mass is 19.4. The molecular formula is C6H8F3NO3. The molecule has 0 aromatic rings. The summed E-state index contributed by atoms with van der Waals surface area (Å²) < 4.78 is 40.5. The number of ether oxygens (including phenoxy) is 1. The lowest BCUT2D eigenvalue weighted by molar-refractivity contribution is -0.234. The van der Waals surface area contributed by atoms with Crippen LogP contribution in [0.5, 0.6) is 0 Å². The van der Waals surface area contributed by atoms with Gasteiger partial charge in [-0.2, -0.15) is 13.2 Å². The standard InChI is InChI=1S/C6H8F3NO3/c7-6(8,9)4-3-10(5(11)12)1-2-13-4/h4H,1-3H2,(H,11,12). The summed E-state index contributed by atoms with van der Waals surface area (Å²) in [7, 11) is 0. The minimum Gasteiger partial charge on any atom is -0.465 e. The zero-order valence-electron chi connectivity index (χ0n) is 6.54. The molecule has 1 rings (SSSR count). The highest BCUT2D eigenvalue weighted by molar-refractivity contribution is 5.65. The van der Waals surface area contributed by atoms with Gasteiger partial charge in [0.2, 0.25) is 0 Å². The van der Waals surface area contributed by atoms with E-state index >= 15 is 0 Å². The summed E-state index contributed by atoms with van der Waals surface area (Å²) in [5.74, 6) is 0. The van der Waals surface area contributed by atoms with E-state index in [1.54, 1.807) is 0 Å². The fraction of sp³-hybridized carbons (Fsp3) is 0.833. The van der Waals surface area contributed by atoms with Gasteiger partial charge in [0.05, 0.1) is 13.2 Å². The first-order valence-corrected chi connectivity index (χ1v) is 3.57. The smallest absolute Gasteiger partial charge is 0.416 e. The molecular weight excluding hydrogens is 191 g/mol. The van der Waals surface area contributed by atoms with E-state index in [1.807, 2.05) is 0 Å². The van der Waals surface area contributed by atoms with Crippen LogP contribution in [0.3, 0.4) is 0 Å². The van der Waals surface area contributed by atoms with Crippen LogP contribution in [0.2, 0.25) is 0 Å². The van der Waals surface area contributed by atoms with Crippen molar-refractivity contribution < 1.29 is 27.8 Å². The van der Waals surface area contributed by atoms with E-state index in [2.05, 4.69) is 4.74 Å². The van der Waals surface area contributed by atoms with Crippen LogP contribution >= 0.6 is 0 Å². The second-order valence-corrected chi connectivity index (χ2v) is 2.63. The van der Waals surface area contributed by atoms with E-state index in [1.165, 1.54) is 0 Å². The van der Waals surface area contributed by atoms with Crippen molar-refractivity contribution in [3.8, 4) is 0 Å². The summed E-state index contributed by atoms with van der Waals surface area (Å²) in [6.45, 7) is -0.864. The van der Waals surface area contributed by atoms with Crippen LogP contribution in [-0.4, -0.2) is 48.1 Å². The van der Waals surface area contributed by atoms with E-state index in [9.17, 15) is 18.0 Å². The normalized spacial score (nSPS) is 24.5. The molecule has 7 heteroatoms. The third-order valence-electron chi connectivity index (χ3n) is 1.70. The lowest BCUT2D eigenvalue weighted by atomic mass is 10.3. The molecule has 0 saturated carbocycles. The number of nitrogens with zero attached hydrogens (tertiary/aromatic N) is 1. The fourth-order valence-corrected chi connectivity index (χ4v) is 1.02. The van der Waals surface area contributed by atoms with Crippen molar-refractivity contribution in [3.63, 3.8) is 0 Å². The van der Waals surface area contributed by atoms with Crippen LogP contribution in [0.25, 0.3) is 0 Å². The molecule has 1 unspecified atom stereocenters. The molecule has 1 amide bonds. The first-order chi connectivity index (χ1) is 5.91. The first kappa shape index (κ1) is 10.1. The van der Waals surface area contributed by atoms with Crippen molar-refractivity contribution >= 4 is 6.09 Å². The average molecular weight is 199 g/mol. The Morgan fingerprint density at radius 3 is 2.62 bits per heavy atom. The van der Waals surface area contributed by atoms with Crippen LogP contribution in [0.1, 0.15) is 0 Å². The molecule has 1 aliphatic heterocycles. The average Bonchev–Trinajstić information content (AvgIpc) is 2.03. The number of carboxylic acid groups (broad SMARTS) is 1. The lowest BCUT2D eigenvalue weighted by Gasteiger charge is -2.31. The van der Waals surface area contributed by atoms with Gasteiger partial charge in [0, 0.05) is 6.54 Å². The van der Waals surface area contributed by atoms with Crippen LogP contribution < -0.4 is 0 Å². The van der Waals surface area contributed by atoms with Crippen molar-refractivity contribution in [2.24, 2.45) is 0 Å². The molecule has 4 nitrogen and oxygen atoms in total. The zero-order chi connectivity index (χ0) is 10.1. The molecule has 0 aromatic carbocycles. The number of rotatable bonds is 0. The Kier molecular flexibility index (Phi) is 2.65. The van der Waals surface area contributed by atoms with Crippen LogP contribution in [-0.2, 0) is 4.74 Å². The van der Waals surface area contributed by atoms with Gasteiger partial charge in [-0.3, -0.25) is 0 Å². The summed E-state index contributed by atoms with van der Waals surface area (Å²) in [5, 5.41) is 8.42. The zero-order valence-corrected chi connectivity index (χ0v) is 6.54. The fourth-order valence-electron chi connectivity index (χ4n) is 1.02. The molecule has 0 bridgehead atoms. The molecule has 1 aliphatic rings. The van der Waals surface area contributed by atoms with Crippen LogP contribution in [0, 0.1) is 0 Å². The summed E-state index contributed by atoms with van der Waals surface area (Å²) in [4.78, 5) is 11.0. The summed E-state index contributed by atoms with van der Waals surface area (Å²) in [5.41, 5.74) is 0. The molecule has 0 spiro atoms. The minimum absolute atomic E-state index is 0.0120. The Balaban J connectivity index is 2.57. The maximum Gasteiger partial charge on any atom is 0.416 e. The van der Waals surface area contributed by atoms with Crippen LogP contribution in [0.4, 0.5) is 18.0 Å². The molecule has 13 heavy (non-hydrogen) atoms. The molecule has 0 radical (unpaired) electrons. The molecule has 0 aromatic heterocycles. The largest absolute Gasteiger partial charge is 0.465 e. The number of carbonyl (C=O) groups is 1. The van der Waals surface area contributed by atoms with Gasteiger partial charge in [-0.15, -0.1) is 0 Å². The summed E-state index contributed by atoms with van der Waals surface area (Å²) >= 11 is 0. The van der Waals surface area contributed by atoms with Gasteiger partial charge in [0.25, 0.3) is 0 Å². The van der Waals surface area contributed by atoms with Gasteiger partial charge in [-0.25, -0.2) is 4.79 Å². The minimum atomic E-state index is -4.49. The van der Waals surface area contributed by atoms with E-state index in [0.29, 0.717) is 4.90 Å². The predicted octanol–water partition coefficient (Wildman–Crippen LogP) is 0.928. The molecule has 1 heterocycles. The number of hydrogen-bond acceptors (Lipinski definition) is 2. The van der Waals surface area contributed by atoms with E-state index in [-0.39, 0.29) is 13.2 Å². The molecule has 1 saturated heterocycles. The lowest BCUT2D eigenvalue weighted by Crippen LogP contribution is -2.50. The Bertz CT molecular complexity index is 206. The Morgan fingerprint density at radius 1 is 1.54 bits per heavy atom. The SMILES string of the molecule is O=C(O)N1CCOC(C(F)(F)F)C1. The highest BCUT2D eigenvalue weighted by Crippen LogP contribution is 2.25. The highest BCUT2D eigenvalue weighted by Gasteiger charge is 2.44. The second kappa shape index (κ2) is 3.41. The van der Waals surface area contributed by atoms with Crippen molar-refractivity contribution in [2.45, 2.75) is 12.3 Å². The first-order valence-electron chi connectivity index (χ1n) is 3.57. The van der Waals surface area contributed by atoms with E-state index in [0.717, 1.165) is 0 Å². The Labute approximate surface area is 71.9 Å². The monoisotopic (exact) mass is 199 g/mol. The maximum atomic E-state index is 12.0. The molecule has 1 fully saturated rings. The van der Waals surface area contributed by atoms with E-state index < -0.39 is 24.9 Å². The topological polar surface area (TPSA) is 49.8 Å². The predicted molar refractivity (Wildman–Crippen MR) is 35.4 cm³/mol. The second-order valence-electron chi connectivity index (χ2n) is 2.63. The van der Waals surface area contributed by atoms with Gasteiger partial charge in [-0.05, 0) is 0 Å². The van der Waals surface area contributed by atoms with E-state index in [4.69, 9.17) is 5.11 Å². The van der Waals surface area contributed by atoms with Gasteiger partial charge < -0.3 is 14.7 Å². The van der Waals surface area contributed by atoms with Gasteiger partial charge in [-0.1, -0.05) is 0 Å². The molecule has 76 valence electrons. The molecule has 1 atom stereocenters. The van der Waals surface area contributed by atoms with Crippen LogP contribution in [0.15, 0.2) is 0 Å². The molecule has 0 aliphatic carbocycles. The van der Waals surface area contributed by atoms with Crippen molar-refractivity contribution in [1.82, 2.24) is 4.90 Å². The quantitative estimate of drug-likeness (QED) is 0.631. The summed E-state index contributed by atoms with van der Waals surface area (Å²) in [6, 6.07) is 0. The van der Waals surface area contributed by atoms with Crippen molar-refractivity contribution in [1.29, 1.82) is 0 Å². The number of alkyl halides is 3. The third-order valence-corrected chi connectivity index (χ3v) is 1.70. The molecule has 1 N–H and O–H groups in total. The maximum absolute atomic E-state index is 12.0. The Hall–Kier alpha value is -0.980. The number of halogens is 3. The van der Waals surface area contributed by atoms with Crippen molar-refractivity contribution in [2.75, 3.05) is 19.7 Å². The number of amides is 1. The van der Waals surface area contributed by atoms with Gasteiger partial charge >= 0.3 is 12.3 Å². The van der Waals surface area contributed by atoms with Crippen molar-refractivity contribution in [3.05, 3.63) is 0 Å². The Morgan fingerprint density at radius 2 is 2.15 bits per heavy atom.